The Hall–Kier alpha value is -3.13. The minimum absolute atomic E-state index is 0.0804. The van der Waals surface area contributed by atoms with Gasteiger partial charge in [0.2, 0.25) is 0 Å². The lowest BCUT2D eigenvalue weighted by molar-refractivity contribution is -0.185. The average Bonchev–Trinajstić information content (AvgIpc) is 3.88. The number of anilines is 2. The number of pyridine rings is 2. The third-order valence-corrected chi connectivity index (χ3v) is 13.5. The average molecular weight is 1040 g/mol. The molecule has 2 aliphatic heterocycles. The summed E-state index contributed by atoms with van der Waals surface area (Å²) in [5.74, 6) is -0.668. The van der Waals surface area contributed by atoms with E-state index in [9.17, 15) is 57.5 Å². The highest BCUT2D eigenvalue weighted by Crippen LogP contribution is 2.52. The zero-order valence-corrected chi connectivity index (χ0v) is 37.3. The van der Waals surface area contributed by atoms with E-state index >= 15 is 0 Å². The second kappa shape index (κ2) is 19.2. The molecule has 6 nitrogen and oxygen atoms in total. The van der Waals surface area contributed by atoms with Crippen LogP contribution in [0.2, 0.25) is 30.1 Å². The molecule has 2 fully saturated rings. The Morgan fingerprint density at radius 1 is 0.625 bits per heavy atom. The van der Waals surface area contributed by atoms with Crippen LogP contribution in [0.1, 0.15) is 66.2 Å². The summed E-state index contributed by atoms with van der Waals surface area (Å²) in [4.78, 5) is 21.1. The standard InChI is InChI=1S/C22H19Cl3F6N2O.C18H14Cl3F6N3/c1-2-14(34)5-3-12-4-6-17(32-19(12)21(26,27)28)33-8-7-20(11-33,22(29,30)31)13-9-15(23)18(25)16(24)10-13;19-11-5-10(6-12(20)14(11)21)16(18(25,26)27)3-4-30(8-16)13-2-1-9(7-28)15(29-13)17(22,23)24/h4,6,9-10H,2-3,5,7-8,11H2,1H3;1-2,5-6H,3-4,7-8,28H2. The van der Waals surface area contributed by atoms with Gasteiger partial charge in [0.1, 0.15) is 33.9 Å². The fraction of sp³-hybridized carbons (Fsp3) is 0.425. The van der Waals surface area contributed by atoms with E-state index in [1.54, 1.807) is 6.92 Å². The van der Waals surface area contributed by atoms with Crippen molar-refractivity contribution in [1.29, 1.82) is 0 Å². The molecule has 2 atom stereocenters. The molecular formula is C40H33Cl6F12N5O. The van der Waals surface area contributed by atoms with Crippen LogP contribution in [0, 0.1) is 0 Å². The van der Waals surface area contributed by atoms with Crippen LogP contribution in [0.5, 0.6) is 0 Å². The first-order chi connectivity index (χ1) is 29.5. The zero-order chi connectivity index (χ0) is 48.0. The van der Waals surface area contributed by atoms with Crippen LogP contribution in [0.3, 0.4) is 0 Å². The second-order valence-electron chi connectivity index (χ2n) is 15.0. The number of aromatic nitrogens is 2. The Balaban J connectivity index is 0.000000243. The van der Waals surface area contributed by atoms with Gasteiger partial charge in [0.05, 0.1) is 30.1 Å². The van der Waals surface area contributed by atoms with Crippen LogP contribution in [-0.4, -0.2) is 54.3 Å². The SMILES string of the molecule is CCC(=O)CCc1ccc(N2CCC(c3cc(Cl)c(Cl)c(Cl)c3)(C(F)(F)F)C2)nc1C(F)(F)F.NCc1ccc(N2CCC(c3cc(Cl)c(Cl)c(Cl)c3)(C(F)(F)F)C2)nc1C(F)(F)F. The van der Waals surface area contributed by atoms with Gasteiger partial charge in [-0.05, 0) is 77.9 Å². The summed E-state index contributed by atoms with van der Waals surface area (Å²) >= 11 is 35.5. The summed E-state index contributed by atoms with van der Waals surface area (Å²) in [5, 5.41) is -0.780. The topological polar surface area (TPSA) is 75.3 Å². The molecule has 24 heteroatoms. The molecule has 4 heterocycles. The lowest BCUT2D eigenvalue weighted by Crippen LogP contribution is -2.45. The molecule has 2 aromatic carbocycles. The molecule has 64 heavy (non-hydrogen) atoms. The molecule has 0 radical (unpaired) electrons. The summed E-state index contributed by atoms with van der Waals surface area (Å²) in [6, 6.07) is 9.08. The number of hydrogen-bond acceptors (Lipinski definition) is 6. The molecule has 2 aromatic heterocycles. The Labute approximate surface area is 387 Å². The first-order valence-electron chi connectivity index (χ1n) is 18.8. The number of carbonyl (C=O) groups is 1. The highest BCUT2D eigenvalue weighted by molar-refractivity contribution is 6.48. The van der Waals surface area contributed by atoms with Gasteiger partial charge in [-0.1, -0.05) is 88.7 Å². The van der Waals surface area contributed by atoms with Gasteiger partial charge in [0, 0.05) is 45.6 Å². The van der Waals surface area contributed by atoms with Gasteiger partial charge in [-0.25, -0.2) is 9.97 Å². The van der Waals surface area contributed by atoms with Crippen LogP contribution in [0.15, 0.2) is 48.5 Å². The van der Waals surface area contributed by atoms with Crippen LogP contribution in [-0.2, 0) is 40.9 Å². The van der Waals surface area contributed by atoms with Crippen LogP contribution in [0.4, 0.5) is 64.3 Å². The number of Topliss-reactive ketones (excluding diaryl/α,β-unsaturated/α-hetero) is 1. The predicted molar refractivity (Wildman–Crippen MR) is 222 cm³/mol. The minimum atomic E-state index is -4.83. The van der Waals surface area contributed by atoms with E-state index < -0.39 is 79.4 Å². The van der Waals surface area contributed by atoms with Crippen molar-refractivity contribution >= 4 is 87.0 Å². The Kier molecular flexibility index (Phi) is 15.6. The minimum Gasteiger partial charge on any atom is -0.355 e. The molecule has 0 spiro atoms. The maximum Gasteiger partial charge on any atom is 0.433 e. The van der Waals surface area contributed by atoms with E-state index in [1.807, 2.05) is 0 Å². The Morgan fingerprint density at radius 3 is 1.31 bits per heavy atom. The number of carbonyl (C=O) groups excluding carboxylic acids is 1. The van der Waals surface area contributed by atoms with Gasteiger partial charge in [-0.3, -0.25) is 4.79 Å². The van der Waals surface area contributed by atoms with E-state index in [-0.39, 0.29) is 102 Å². The molecule has 0 bridgehead atoms. The summed E-state index contributed by atoms with van der Waals surface area (Å²) in [5.41, 5.74) is -2.82. The van der Waals surface area contributed by atoms with Gasteiger partial charge in [0.25, 0.3) is 0 Å². The summed E-state index contributed by atoms with van der Waals surface area (Å²) in [7, 11) is 0. The van der Waals surface area contributed by atoms with Crippen LogP contribution in [0.25, 0.3) is 0 Å². The summed E-state index contributed by atoms with van der Waals surface area (Å²) < 4.78 is 166. The normalized spacial score (nSPS) is 19.6. The number of hydrogen-bond donors (Lipinski definition) is 1. The van der Waals surface area contributed by atoms with Gasteiger partial charge in [0.15, 0.2) is 5.69 Å². The molecule has 2 N–H and O–H groups in total. The van der Waals surface area contributed by atoms with Crippen molar-refractivity contribution in [2.45, 2.75) is 81.1 Å². The number of nitrogens with zero attached hydrogens (tertiary/aromatic N) is 4. The third-order valence-electron chi connectivity index (χ3n) is 11.1. The van der Waals surface area contributed by atoms with E-state index in [4.69, 9.17) is 75.3 Å². The van der Waals surface area contributed by atoms with Gasteiger partial charge in [-0.2, -0.15) is 52.7 Å². The van der Waals surface area contributed by atoms with Crippen molar-refractivity contribution in [2.75, 3.05) is 36.0 Å². The number of halogens is 18. The number of rotatable bonds is 9. The molecule has 6 rings (SSSR count). The number of benzene rings is 2. The largest absolute Gasteiger partial charge is 0.433 e. The molecule has 2 unspecified atom stereocenters. The van der Waals surface area contributed by atoms with Crippen molar-refractivity contribution < 1.29 is 57.5 Å². The van der Waals surface area contributed by atoms with Crippen molar-refractivity contribution in [2.24, 2.45) is 5.73 Å². The maximum atomic E-state index is 14.3. The first kappa shape index (κ1) is 51.8. The lowest BCUT2D eigenvalue weighted by Gasteiger charge is -2.33. The second-order valence-corrected chi connectivity index (χ2v) is 17.3. The highest BCUT2D eigenvalue weighted by Gasteiger charge is 2.61. The molecule has 350 valence electrons. The molecule has 0 aliphatic carbocycles. The van der Waals surface area contributed by atoms with Crippen molar-refractivity contribution in [3.8, 4) is 0 Å². The molecule has 2 saturated heterocycles. The molecule has 2 aliphatic rings. The molecular weight excluding hydrogens is 1010 g/mol. The third kappa shape index (κ3) is 10.7. The number of aryl methyl sites for hydroxylation is 1. The number of nitrogens with two attached hydrogens (primary N) is 1. The van der Waals surface area contributed by atoms with Gasteiger partial charge >= 0.3 is 24.7 Å². The Morgan fingerprint density at radius 2 is 0.984 bits per heavy atom. The fourth-order valence-corrected chi connectivity index (χ4v) is 8.74. The van der Waals surface area contributed by atoms with E-state index in [2.05, 4.69) is 9.97 Å². The maximum absolute atomic E-state index is 14.3. The van der Waals surface area contributed by atoms with E-state index in [0.29, 0.717) is 0 Å². The van der Waals surface area contributed by atoms with E-state index in [1.165, 1.54) is 12.1 Å². The lowest BCUT2D eigenvalue weighted by atomic mass is 9.79. The van der Waals surface area contributed by atoms with Crippen molar-refractivity contribution in [3.63, 3.8) is 0 Å². The first-order valence-corrected chi connectivity index (χ1v) is 21.1. The number of alkyl halides is 12. The predicted octanol–water partition coefficient (Wildman–Crippen LogP) is 13.9. The van der Waals surface area contributed by atoms with Crippen molar-refractivity contribution in [1.82, 2.24) is 9.97 Å². The quantitative estimate of drug-likeness (QED) is 0.133. The van der Waals surface area contributed by atoms with Crippen LogP contribution < -0.4 is 15.5 Å². The summed E-state index contributed by atoms with van der Waals surface area (Å²) in [6.07, 6.45) is -20.0. The highest BCUT2D eigenvalue weighted by atomic mass is 35.5. The Bertz CT molecular complexity index is 2330. The smallest absolute Gasteiger partial charge is 0.355 e. The van der Waals surface area contributed by atoms with Crippen molar-refractivity contribution in [3.05, 3.63) is 112 Å². The summed E-state index contributed by atoms with van der Waals surface area (Å²) in [6.45, 7) is -0.509. The van der Waals surface area contributed by atoms with E-state index in [0.717, 1.165) is 46.2 Å². The van der Waals surface area contributed by atoms with Gasteiger partial charge < -0.3 is 15.5 Å². The molecule has 0 saturated carbocycles. The molecule has 0 amide bonds. The fourth-order valence-electron chi connectivity index (χ4n) is 7.55. The van der Waals surface area contributed by atoms with Crippen LogP contribution >= 0.6 is 69.6 Å². The number of ketones is 1. The van der Waals surface area contributed by atoms with Gasteiger partial charge in [-0.15, -0.1) is 0 Å². The zero-order valence-electron chi connectivity index (χ0n) is 32.8. The monoisotopic (exact) mass is 1040 g/mol. The molecule has 4 aromatic rings.